The van der Waals surface area contributed by atoms with Crippen molar-refractivity contribution in [1.82, 2.24) is 10.3 Å². The zero-order valence-corrected chi connectivity index (χ0v) is 14.5. The van der Waals surface area contributed by atoms with E-state index in [0.717, 1.165) is 11.4 Å². The van der Waals surface area contributed by atoms with Crippen molar-refractivity contribution < 1.29 is 14.2 Å². The molecule has 0 aromatic heterocycles. The summed E-state index contributed by atoms with van der Waals surface area (Å²) in [5.41, 5.74) is 7.07. The molecule has 1 heterocycles. The van der Waals surface area contributed by atoms with Gasteiger partial charge in [0, 0.05) is 25.1 Å². The highest BCUT2D eigenvalue weighted by Crippen LogP contribution is 2.41. The minimum Gasteiger partial charge on any atom is -0.352 e. The van der Waals surface area contributed by atoms with Gasteiger partial charge in [0.05, 0.1) is 5.69 Å². The molecule has 8 nitrogen and oxygen atoms in total. The number of hydrogen-bond acceptors (Lipinski definition) is 5. The van der Waals surface area contributed by atoms with Gasteiger partial charge in [-0.1, -0.05) is 6.92 Å². The van der Waals surface area contributed by atoms with Crippen LogP contribution in [0.5, 0.6) is 0 Å². The lowest BCUT2D eigenvalue weighted by molar-refractivity contribution is -0.136. The van der Waals surface area contributed by atoms with E-state index in [0.29, 0.717) is 37.2 Å². The molecule has 1 saturated heterocycles. The standard InChI is InChI=1S/C15H22N5O3P/c1-2-9-18-13(21)11-4-6-12(7-5-11)19-24(23)15(16)8-3-10-20(17)14(15)22/h4-7H,2-3,8-10,16-17H2,1H3,(H-,18,19,21,23)/p+1/t15-/m0/s1. The van der Waals surface area contributed by atoms with Crippen LogP contribution < -0.4 is 22.0 Å². The van der Waals surface area contributed by atoms with Crippen molar-refractivity contribution in [2.24, 2.45) is 11.6 Å². The fourth-order valence-electron chi connectivity index (χ4n) is 2.42. The number of benzene rings is 1. The number of piperidine rings is 1. The van der Waals surface area contributed by atoms with Gasteiger partial charge in [0.2, 0.25) is 0 Å². The fourth-order valence-corrected chi connectivity index (χ4v) is 3.66. The van der Waals surface area contributed by atoms with Crippen molar-refractivity contribution in [3.05, 3.63) is 29.8 Å². The summed E-state index contributed by atoms with van der Waals surface area (Å²) in [6, 6.07) is 6.51. The molecule has 0 aliphatic carbocycles. The third-order valence-corrected chi connectivity index (χ3v) is 5.46. The van der Waals surface area contributed by atoms with Crippen molar-refractivity contribution in [3.63, 3.8) is 0 Å². The van der Waals surface area contributed by atoms with E-state index in [1.165, 1.54) is 0 Å². The molecule has 2 amide bonds. The van der Waals surface area contributed by atoms with Gasteiger partial charge in [-0.2, -0.15) is 5.09 Å². The van der Waals surface area contributed by atoms with E-state index in [-0.39, 0.29) is 5.91 Å². The van der Waals surface area contributed by atoms with Crippen LogP contribution in [0.3, 0.4) is 0 Å². The van der Waals surface area contributed by atoms with Crippen molar-refractivity contribution in [3.8, 4) is 0 Å². The number of hydrazine groups is 1. The van der Waals surface area contributed by atoms with E-state index in [9.17, 15) is 14.2 Å². The molecule has 1 fully saturated rings. The number of nitrogens with zero attached hydrogens (tertiary/aromatic N) is 1. The maximum atomic E-state index is 12.5. The van der Waals surface area contributed by atoms with Crippen LogP contribution in [0.15, 0.2) is 24.3 Å². The van der Waals surface area contributed by atoms with Crippen LogP contribution in [0.1, 0.15) is 36.5 Å². The lowest BCUT2D eigenvalue weighted by Crippen LogP contribution is -2.59. The normalized spacial score (nSPS) is 21.4. The summed E-state index contributed by atoms with van der Waals surface area (Å²) in [7, 11) is -2.25. The van der Waals surface area contributed by atoms with Crippen LogP contribution in [-0.2, 0) is 9.36 Å². The van der Waals surface area contributed by atoms with Crippen LogP contribution in [0.25, 0.3) is 0 Å². The molecule has 0 radical (unpaired) electrons. The van der Waals surface area contributed by atoms with Crippen LogP contribution in [0, 0.1) is 0 Å². The van der Waals surface area contributed by atoms with E-state index in [2.05, 4.69) is 10.4 Å². The number of hydrogen-bond donors (Lipinski definition) is 4. The van der Waals surface area contributed by atoms with E-state index in [4.69, 9.17) is 11.6 Å². The lowest BCUT2D eigenvalue weighted by Gasteiger charge is -2.29. The number of nitrogens with two attached hydrogens (primary N) is 2. The minimum absolute atomic E-state index is 0.163. The summed E-state index contributed by atoms with van der Waals surface area (Å²) in [5, 5.41) is 5.04. The van der Waals surface area contributed by atoms with E-state index in [1.807, 2.05) is 6.92 Å². The van der Waals surface area contributed by atoms with E-state index in [1.54, 1.807) is 24.3 Å². The largest absolute Gasteiger partial charge is 0.492 e. The summed E-state index contributed by atoms with van der Waals surface area (Å²) in [6.45, 7) is 2.99. The van der Waals surface area contributed by atoms with Crippen molar-refractivity contribution in [1.29, 1.82) is 0 Å². The predicted molar refractivity (Wildman–Crippen MR) is 92.3 cm³/mol. The maximum Gasteiger partial charge on any atom is 0.492 e. The van der Waals surface area contributed by atoms with Crippen molar-refractivity contribution >= 4 is 25.5 Å². The second-order valence-corrected chi connectivity index (χ2v) is 7.38. The van der Waals surface area contributed by atoms with Gasteiger partial charge in [-0.3, -0.25) is 20.3 Å². The quantitative estimate of drug-likeness (QED) is 0.345. The van der Waals surface area contributed by atoms with E-state index < -0.39 is 19.1 Å². The Hall–Kier alpha value is -2.02. The zero-order chi connectivity index (χ0) is 17.7. The summed E-state index contributed by atoms with van der Waals surface area (Å²) in [6.07, 6.45) is 1.76. The first-order chi connectivity index (χ1) is 11.4. The fraction of sp³-hybridized carbons (Fsp3) is 0.467. The first-order valence-corrected chi connectivity index (χ1v) is 9.12. The number of anilines is 1. The number of carbonyl (C=O) groups is 2. The van der Waals surface area contributed by atoms with Gasteiger partial charge in [-0.05, 0) is 41.7 Å². The second-order valence-electron chi connectivity index (χ2n) is 5.77. The average Bonchev–Trinajstić information content (AvgIpc) is 2.58. The second kappa shape index (κ2) is 7.70. The molecule has 130 valence electrons. The Bertz CT molecular complexity index is 637. The molecule has 6 N–H and O–H groups in total. The number of rotatable bonds is 6. The lowest BCUT2D eigenvalue weighted by atomic mass is 10.1. The summed E-state index contributed by atoms with van der Waals surface area (Å²) in [5.74, 6) is 4.89. The van der Waals surface area contributed by atoms with Crippen molar-refractivity contribution in [2.75, 3.05) is 18.2 Å². The van der Waals surface area contributed by atoms with Gasteiger partial charge in [0.25, 0.3) is 5.91 Å². The predicted octanol–water partition coefficient (Wildman–Crippen LogP) is 1.13. The van der Waals surface area contributed by atoms with E-state index >= 15 is 0 Å². The highest BCUT2D eigenvalue weighted by molar-refractivity contribution is 7.49. The van der Waals surface area contributed by atoms with Gasteiger partial charge in [0.15, 0.2) is 0 Å². The summed E-state index contributed by atoms with van der Waals surface area (Å²) < 4.78 is 12.5. The van der Waals surface area contributed by atoms with Gasteiger partial charge in [0.1, 0.15) is 0 Å². The molecule has 1 unspecified atom stereocenters. The van der Waals surface area contributed by atoms with Gasteiger partial charge in [-0.25, -0.2) is 5.84 Å². The van der Waals surface area contributed by atoms with Crippen LogP contribution in [0.2, 0.25) is 0 Å². The highest BCUT2D eigenvalue weighted by Gasteiger charge is 2.56. The minimum atomic E-state index is -2.25. The highest BCUT2D eigenvalue weighted by atomic mass is 31.1. The zero-order valence-electron chi connectivity index (χ0n) is 13.6. The Kier molecular flexibility index (Phi) is 5.88. The third-order valence-electron chi connectivity index (χ3n) is 3.86. The molecular formula is C15H23N5O3P+. The first-order valence-electron chi connectivity index (χ1n) is 7.86. The molecule has 0 bridgehead atoms. The number of amides is 2. The number of carbonyl (C=O) groups excluding carboxylic acids is 2. The van der Waals surface area contributed by atoms with Crippen molar-refractivity contribution in [2.45, 2.75) is 31.5 Å². The monoisotopic (exact) mass is 352 g/mol. The van der Waals surface area contributed by atoms with Crippen LogP contribution in [0.4, 0.5) is 5.69 Å². The molecule has 2 atom stereocenters. The maximum absolute atomic E-state index is 12.5. The molecule has 1 aliphatic heterocycles. The molecule has 0 spiro atoms. The Morgan fingerprint density at radius 1 is 1.38 bits per heavy atom. The van der Waals surface area contributed by atoms with Crippen LogP contribution >= 0.6 is 7.95 Å². The Balaban J connectivity index is 2.04. The topological polar surface area (TPSA) is 131 Å². The summed E-state index contributed by atoms with van der Waals surface area (Å²) in [4.78, 5) is 24.0. The molecule has 0 saturated carbocycles. The molecule has 1 aromatic carbocycles. The van der Waals surface area contributed by atoms with Gasteiger partial charge < -0.3 is 5.32 Å². The van der Waals surface area contributed by atoms with Gasteiger partial charge in [-0.15, -0.1) is 0 Å². The Morgan fingerprint density at radius 3 is 2.67 bits per heavy atom. The molecule has 24 heavy (non-hydrogen) atoms. The molecule has 1 aromatic rings. The molecule has 9 heteroatoms. The Morgan fingerprint density at radius 2 is 2.04 bits per heavy atom. The SMILES string of the molecule is CCCNC(=O)c1ccc(N[P+](=O)[C@@]2(N)CCCN(N)C2=O)cc1. The third kappa shape index (κ3) is 3.90. The Labute approximate surface area is 141 Å². The van der Waals surface area contributed by atoms with Crippen LogP contribution in [-0.4, -0.2) is 35.2 Å². The molecular weight excluding hydrogens is 329 g/mol. The molecule has 2 rings (SSSR count). The average molecular weight is 352 g/mol. The molecule has 1 aliphatic rings. The summed E-state index contributed by atoms with van der Waals surface area (Å²) >= 11 is 0. The number of nitrogens with one attached hydrogen (secondary N) is 2. The smallest absolute Gasteiger partial charge is 0.352 e. The first kappa shape index (κ1) is 18.3. The van der Waals surface area contributed by atoms with Gasteiger partial charge >= 0.3 is 19.1 Å².